The number of aromatic amines is 1. The fraction of sp³-hybridized carbons (Fsp3) is 0.407. The minimum Gasteiger partial charge on any atom is -0.466 e. The molecule has 2 aromatic carbocycles. The third-order valence-electron chi connectivity index (χ3n) is 7.38. The number of nitrogens with one attached hydrogen (secondary N) is 1. The predicted octanol–water partition coefficient (Wildman–Crippen LogP) is 4.95. The van der Waals surface area contributed by atoms with Gasteiger partial charge in [0.15, 0.2) is 5.82 Å². The average Bonchev–Trinajstić information content (AvgIpc) is 3.32. The minimum atomic E-state index is 0.0532. The summed E-state index contributed by atoms with van der Waals surface area (Å²) in [6.07, 6.45) is 5.25. The summed E-state index contributed by atoms with van der Waals surface area (Å²) in [6, 6.07) is 14.6. The number of likely N-dealkylation sites (tertiary alicyclic amines) is 1. The highest BCUT2D eigenvalue weighted by molar-refractivity contribution is 5.97. The number of hydrogen-bond acceptors (Lipinski definition) is 5. The zero-order valence-electron chi connectivity index (χ0n) is 19.7. The van der Waals surface area contributed by atoms with Crippen molar-refractivity contribution in [1.29, 1.82) is 5.26 Å². The first-order chi connectivity index (χ1) is 16.6. The van der Waals surface area contributed by atoms with E-state index in [1.165, 1.54) is 12.0 Å². The monoisotopic (exact) mass is 455 g/mol. The summed E-state index contributed by atoms with van der Waals surface area (Å²) >= 11 is 0. The third-order valence-corrected chi connectivity index (χ3v) is 7.38. The van der Waals surface area contributed by atoms with Crippen molar-refractivity contribution in [3.05, 3.63) is 64.2 Å². The average molecular weight is 456 g/mol. The molecule has 1 aliphatic carbocycles. The number of methoxy groups -OCH3 is 1. The number of ether oxygens (including phenoxy) is 1. The Hall–Kier alpha value is -3.66. The molecule has 34 heavy (non-hydrogen) atoms. The fourth-order valence-electron chi connectivity index (χ4n) is 5.20. The number of nitriles is 1. The van der Waals surface area contributed by atoms with Gasteiger partial charge in [0.2, 0.25) is 0 Å². The zero-order valence-corrected chi connectivity index (χ0v) is 19.7. The molecule has 1 amide bonds. The van der Waals surface area contributed by atoms with E-state index >= 15 is 0 Å². The van der Waals surface area contributed by atoms with Crippen LogP contribution in [-0.2, 0) is 0 Å². The van der Waals surface area contributed by atoms with E-state index in [1.54, 1.807) is 7.11 Å². The summed E-state index contributed by atoms with van der Waals surface area (Å²) in [5.74, 6) is 1.49. The topological polar surface area (TPSA) is 94.9 Å². The molecule has 0 bridgehead atoms. The number of nitrogens with zero attached hydrogens (tertiary/aromatic N) is 4. The summed E-state index contributed by atoms with van der Waals surface area (Å²) in [6.45, 7) is 3.38. The molecule has 0 spiro atoms. The minimum absolute atomic E-state index is 0.0532. The Morgan fingerprint density at radius 3 is 2.50 bits per heavy atom. The van der Waals surface area contributed by atoms with E-state index in [0.717, 1.165) is 47.9 Å². The Labute approximate surface area is 199 Å². The van der Waals surface area contributed by atoms with Gasteiger partial charge < -0.3 is 9.64 Å². The Morgan fingerprint density at radius 2 is 1.85 bits per heavy atom. The van der Waals surface area contributed by atoms with Gasteiger partial charge in [-0.05, 0) is 73.3 Å². The molecule has 7 nitrogen and oxygen atoms in total. The molecule has 0 unspecified atom stereocenters. The van der Waals surface area contributed by atoms with E-state index < -0.39 is 0 Å². The van der Waals surface area contributed by atoms with E-state index in [2.05, 4.69) is 27.3 Å². The number of aryl methyl sites for hydroxylation is 1. The van der Waals surface area contributed by atoms with Gasteiger partial charge in [0.25, 0.3) is 5.91 Å². The summed E-state index contributed by atoms with van der Waals surface area (Å²) in [7, 11) is 1.54. The van der Waals surface area contributed by atoms with Crippen LogP contribution in [0.3, 0.4) is 0 Å². The van der Waals surface area contributed by atoms with Crippen LogP contribution < -0.4 is 4.74 Å². The Balaban J connectivity index is 1.40. The van der Waals surface area contributed by atoms with Crippen molar-refractivity contribution in [2.45, 2.75) is 50.9 Å². The van der Waals surface area contributed by atoms with E-state index in [1.807, 2.05) is 42.2 Å². The quantitative estimate of drug-likeness (QED) is 0.587. The van der Waals surface area contributed by atoms with Crippen LogP contribution in [-0.4, -0.2) is 46.2 Å². The van der Waals surface area contributed by atoms with Crippen molar-refractivity contribution >= 4 is 5.91 Å². The highest BCUT2D eigenvalue weighted by Gasteiger charge is 2.29. The number of carbonyl (C=O) groups excluding carboxylic acids is 1. The molecule has 1 saturated heterocycles. The molecule has 1 saturated carbocycles. The van der Waals surface area contributed by atoms with E-state index in [0.29, 0.717) is 42.3 Å². The van der Waals surface area contributed by atoms with Crippen LogP contribution in [0.4, 0.5) is 0 Å². The molecule has 174 valence electrons. The number of H-pyrrole nitrogens is 1. The molecular formula is C27H29N5O2. The highest BCUT2D eigenvalue weighted by Crippen LogP contribution is 2.42. The lowest BCUT2D eigenvalue weighted by Gasteiger charge is -2.33. The first-order valence-electron chi connectivity index (χ1n) is 12.0. The summed E-state index contributed by atoms with van der Waals surface area (Å²) in [4.78, 5) is 20.0. The summed E-state index contributed by atoms with van der Waals surface area (Å²) in [5.41, 5.74) is 5.71. The Kier molecular flexibility index (Phi) is 6.06. The second-order valence-electron chi connectivity index (χ2n) is 9.32. The second kappa shape index (κ2) is 9.30. The predicted molar refractivity (Wildman–Crippen MR) is 129 cm³/mol. The van der Waals surface area contributed by atoms with Crippen molar-refractivity contribution in [2.24, 2.45) is 0 Å². The maximum absolute atomic E-state index is 13.6. The molecule has 3 aromatic rings. The van der Waals surface area contributed by atoms with Gasteiger partial charge in [0.05, 0.1) is 18.7 Å². The van der Waals surface area contributed by atoms with E-state index in [-0.39, 0.29) is 5.91 Å². The van der Waals surface area contributed by atoms with Crippen molar-refractivity contribution in [1.82, 2.24) is 20.1 Å². The largest absolute Gasteiger partial charge is 0.466 e. The molecular weight excluding hydrogens is 426 g/mol. The van der Waals surface area contributed by atoms with Gasteiger partial charge in [-0.1, -0.05) is 30.7 Å². The summed E-state index contributed by atoms with van der Waals surface area (Å²) in [5, 5.41) is 16.6. The number of carbonyl (C=O) groups is 1. The lowest BCUT2D eigenvalue weighted by atomic mass is 9.77. The first kappa shape index (κ1) is 22.1. The van der Waals surface area contributed by atoms with Crippen LogP contribution in [0.25, 0.3) is 11.4 Å². The number of benzene rings is 2. The standard InChI is InChI=1S/C27H29N5O2/c1-17-14-23(18-7-5-8-18)24(25-29-27(34-2)31-30-25)15-22(17)26(33)32-12-10-19(11-13-32)21-9-4-3-6-20(21)16-28/h3-4,6,9,14-15,18-19H,5,7-8,10-13H2,1-2H3,(H,29,30,31). The molecule has 0 atom stereocenters. The SMILES string of the molecule is COc1n[nH]c(-c2cc(C(=O)N3CCC(c4ccccc4C#N)CC3)c(C)cc2C2CCC2)n1. The van der Waals surface area contributed by atoms with E-state index in [4.69, 9.17) is 4.74 Å². The maximum atomic E-state index is 13.6. The zero-order chi connectivity index (χ0) is 23.7. The van der Waals surface area contributed by atoms with Crippen LogP contribution in [0.1, 0.15) is 76.6 Å². The molecule has 2 aliphatic rings. The molecule has 5 rings (SSSR count). The lowest BCUT2D eigenvalue weighted by Crippen LogP contribution is -2.38. The van der Waals surface area contributed by atoms with Gasteiger partial charge in [-0.25, -0.2) is 0 Å². The number of amides is 1. The van der Waals surface area contributed by atoms with Gasteiger partial charge in [-0.15, -0.1) is 5.10 Å². The first-order valence-corrected chi connectivity index (χ1v) is 12.0. The fourth-order valence-corrected chi connectivity index (χ4v) is 5.20. The molecule has 0 radical (unpaired) electrons. The van der Waals surface area contributed by atoms with E-state index in [9.17, 15) is 10.1 Å². The maximum Gasteiger partial charge on any atom is 0.335 e. The third kappa shape index (κ3) is 4.05. The van der Waals surface area contributed by atoms with Crippen LogP contribution in [0.15, 0.2) is 36.4 Å². The van der Waals surface area contributed by atoms with Crippen molar-refractivity contribution in [3.63, 3.8) is 0 Å². The second-order valence-corrected chi connectivity index (χ2v) is 9.32. The van der Waals surface area contributed by atoms with Gasteiger partial charge in [0.1, 0.15) is 0 Å². The lowest BCUT2D eigenvalue weighted by molar-refractivity contribution is 0.0712. The van der Waals surface area contributed by atoms with Gasteiger partial charge >= 0.3 is 6.01 Å². The summed E-state index contributed by atoms with van der Waals surface area (Å²) < 4.78 is 5.17. The van der Waals surface area contributed by atoms with Crippen molar-refractivity contribution in [2.75, 3.05) is 20.2 Å². The van der Waals surface area contributed by atoms with Crippen LogP contribution in [0.5, 0.6) is 6.01 Å². The number of aromatic nitrogens is 3. The van der Waals surface area contributed by atoms with Crippen molar-refractivity contribution < 1.29 is 9.53 Å². The highest BCUT2D eigenvalue weighted by atomic mass is 16.5. The molecule has 1 aliphatic heterocycles. The van der Waals surface area contributed by atoms with Crippen molar-refractivity contribution in [3.8, 4) is 23.5 Å². The molecule has 2 fully saturated rings. The molecule has 7 heteroatoms. The number of rotatable bonds is 5. The molecule has 1 N–H and O–H groups in total. The number of hydrogen-bond donors (Lipinski definition) is 1. The van der Waals surface area contributed by atoms with Gasteiger partial charge in [-0.2, -0.15) is 10.2 Å². The smallest absolute Gasteiger partial charge is 0.335 e. The van der Waals surface area contributed by atoms with Crippen LogP contribution in [0.2, 0.25) is 0 Å². The normalized spacial score (nSPS) is 16.7. The Morgan fingerprint density at radius 1 is 1.12 bits per heavy atom. The van der Waals surface area contributed by atoms with Gasteiger partial charge in [-0.3, -0.25) is 9.89 Å². The number of piperidine rings is 1. The van der Waals surface area contributed by atoms with Gasteiger partial charge in [0, 0.05) is 24.2 Å². The van der Waals surface area contributed by atoms with Crippen LogP contribution >= 0.6 is 0 Å². The van der Waals surface area contributed by atoms with Crippen LogP contribution in [0, 0.1) is 18.3 Å². The Bertz CT molecular complexity index is 1250. The molecule has 2 heterocycles. The molecule has 1 aromatic heterocycles.